The molecule has 1 N–H and O–H groups in total. The van der Waals surface area contributed by atoms with Crippen LogP contribution in [0.2, 0.25) is 0 Å². The summed E-state index contributed by atoms with van der Waals surface area (Å²) < 4.78 is 11.1. The first-order chi connectivity index (χ1) is 10.2. The Balaban J connectivity index is 2.08. The van der Waals surface area contributed by atoms with Crippen LogP contribution in [0.1, 0.15) is 31.7 Å². The molecule has 0 heterocycles. The van der Waals surface area contributed by atoms with Crippen molar-refractivity contribution in [3.8, 4) is 0 Å². The number of carbonyl (C=O) groups is 1. The van der Waals surface area contributed by atoms with Crippen molar-refractivity contribution in [2.75, 3.05) is 26.9 Å². The number of rotatable bonds is 9. The minimum atomic E-state index is -0.930. The predicted molar refractivity (Wildman–Crippen MR) is 82.0 cm³/mol. The largest absolute Gasteiger partial charge is 0.464 e. The Bertz CT molecular complexity index is 445. The van der Waals surface area contributed by atoms with Crippen LogP contribution in [0.25, 0.3) is 0 Å². The van der Waals surface area contributed by atoms with Gasteiger partial charge in [-0.1, -0.05) is 43.2 Å². The highest BCUT2D eigenvalue weighted by Crippen LogP contribution is 2.32. The molecule has 1 aliphatic carbocycles. The summed E-state index contributed by atoms with van der Waals surface area (Å²) in [5, 5.41) is 3.12. The summed E-state index contributed by atoms with van der Waals surface area (Å²) in [6, 6.07) is 9.63. The molecule has 0 aliphatic heterocycles. The van der Waals surface area contributed by atoms with Gasteiger partial charge in [0.1, 0.15) is 0 Å². The minimum Gasteiger partial charge on any atom is -0.464 e. The number of nitrogens with one attached hydrogen (secondary N) is 1. The van der Waals surface area contributed by atoms with Crippen molar-refractivity contribution in [1.29, 1.82) is 0 Å². The van der Waals surface area contributed by atoms with E-state index < -0.39 is 5.54 Å². The first kappa shape index (κ1) is 16.0. The highest BCUT2D eigenvalue weighted by atomic mass is 16.5. The van der Waals surface area contributed by atoms with Gasteiger partial charge in [0.2, 0.25) is 0 Å². The van der Waals surface area contributed by atoms with Crippen LogP contribution in [-0.2, 0) is 19.8 Å². The SMILES string of the molecule is CCOC(=O)C(COCCC1CC1)(NC)c1ccccc1. The van der Waals surface area contributed by atoms with E-state index in [1.807, 2.05) is 37.3 Å². The fourth-order valence-electron chi connectivity index (χ4n) is 2.44. The molecule has 1 unspecified atom stereocenters. The molecule has 2 rings (SSSR count). The lowest BCUT2D eigenvalue weighted by Gasteiger charge is -2.31. The zero-order valence-corrected chi connectivity index (χ0v) is 12.9. The van der Waals surface area contributed by atoms with Crippen LogP contribution >= 0.6 is 0 Å². The average Bonchev–Trinajstić information content (AvgIpc) is 3.33. The summed E-state index contributed by atoms with van der Waals surface area (Å²) in [6.45, 7) is 3.16. The highest BCUT2D eigenvalue weighted by Gasteiger charge is 2.40. The second kappa shape index (κ2) is 7.57. The Hall–Kier alpha value is -1.39. The smallest absolute Gasteiger partial charge is 0.333 e. The number of ether oxygens (including phenoxy) is 2. The normalized spacial score (nSPS) is 17.2. The van der Waals surface area contributed by atoms with Crippen LogP contribution in [0.5, 0.6) is 0 Å². The summed E-state index contributed by atoms with van der Waals surface area (Å²) in [7, 11) is 1.77. The summed E-state index contributed by atoms with van der Waals surface area (Å²) >= 11 is 0. The molecule has 0 bridgehead atoms. The van der Waals surface area contributed by atoms with Gasteiger partial charge in [-0.05, 0) is 31.9 Å². The number of benzene rings is 1. The van der Waals surface area contributed by atoms with E-state index in [1.54, 1.807) is 7.05 Å². The average molecular weight is 291 g/mol. The molecule has 21 heavy (non-hydrogen) atoms. The Morgan fingerprint density at radius 1 is 1.33 bits per heavy atom. The molecule has 1 aromatic carbocycles. The molecule has 0 aromatic heterocycles. The van der Waals surface area contributed by atoms with Gasteiger partial charge in [-0.2, -0.15) is 0 Å². The van der Waals surface area contributed by atoms with Crippen molar-refractivity contribution >= 4 is 5.97 Å². The quantitative estimate of drug-likeness (QED) is 0.561. The van der Waals surface area contributed by atoms with Gasteiger partial charge in [0.15, 0.2) is 5.54 Å². The summed E-state index contributed by atoms with van der Waals surface area (Å²) in [6.07, 6.45) is 3.71. The Morgan fingerprint density at radius 3 is 2.62 bits per heavy atom. The first-order valence-corrected chi connectivity index (χ1v) is 7.72. The standard InChI is InChI=1S/C17H25NO3/c1-3-21-16(19)17(18-2,15-7-5-4-6-8-15)13-20-12-11-14-9-10-14/h4-8,14,18H,3,9-13H2,1-2H3. The maximum Gasteiger partial charge on any atom is 0.333 e. The van der Waals surface area contributed by atoms with E-state index >= 15 is 0 Å². The van der Waals surface area contributed by atoms with Crippen molar-refractivity contribution in [2.24, 2.45) is 5.92 Å². The van der Waals surface area contributed by atoms with Crippen molar-refractivity contribution in [1.82, 2.24) is 5.32 Å². The van der Waals surface area contributed by atoms with E-state index in [2.05, 4.69) is 5.32 Å². The number of hydrogen-bond donors (Lipinski definition) is 1. The zero-order valence-electron chi connectivity index (χ0n) is 12.9. The van der Waals surface area contributed by atoms with E-state index in [4.69, 9.17) is 9.47 Å². The van der Waals surface area contributed by atoms with Gasteiger partial charge < -0.3 is 9.47 Å². The topological polar surface area (TPSA) is 47.6 Å². The molecule has 1 saturated carbocycles. The van der Waals surface area contributed by atoms with Crippen molar-refractivity contribution in [3.63, 3.8) is 0 Å². The Kier molecular flexibility index (Phi) is 5.76. The lowest BCUT2D eigenvalue weighted by atomic mass is 9.91. The van der Waals surface area contributed by atoms with Crippen molar-refractivity contribution < 1.29 is 14.3 Å². The lowest BCUT2D eigenvalue weighted by molar-refractivity contribution is -0.154. The van der Waals surface area contributed by atoms with E-state index in [0.717, 1.165) is 17.9 Å². The van der Waals surface area contributed by atoms with Gasteiger partial charge in [-0.15, -0.1) is 0 Å². The Morgan fingerprint density at radius 2 is 2.05 bits per heavy atom. The van der Waals surface area contributed by atoms with Gasteiger partial charge in [-0.3, -0.25) is 5.32 Å². The molecule has 4 heteroatoms. The fraction of sp³-hybridized carbons (Fsp3) is 0.588. The number of carbonyl (C=O) groups excluding carboxylic acids is 1. The molecule has 0 spiro atoms. The van der Waals surface area contributed by atoms with E-state index in [-0.39, 0.29) is 5.97 Å². The molecule has 1 aromatic rings. The Labute approximate surface area is 126 Å². The lowest BCUT2D eigenvalue weighted by Crippen LogP contribution is -2.52. The van der Waals surface area contributed by atoms with Gasteiger partial charge in [-0.25, -0.2) is 4.79 Å². The number of esters is 1. The molecule has 1 aliphatic rings. The van der Waals surface area contributed by atoms with Gasteiger partial charge in [0, 0.05) is 6.61 Å². The third-order valence-electron chi connectivity index (χ3n) is 4.00. The maximum absolute atomic E-state index is 12.5. The summed E-state index contributed by atoms with van der Waals surface area (Å²) in [4.78, 5) is 12.5. The van der Waals surface area contributed by atoms with Crippen LogP contribution in [0.3, 0.4) is 0 Å². The van der Waals surface area contributed by atoms with Crippen LogP contribution in [0, 0.1) is 5.92 Å². The van der Waals surface area contributed by atoms with Crippen LogP contribution in [0.4, 0.5) is 0 Å². The third-order valence-corrected chi connectivity index (χ3v) is 4.00. The summed E-state index contributed by atoms with van der Waals surface area (Å²) in [5.41, 5.74) is -0.0572. The van der Waals surface area contributed by atoms with Gasteiger partial charge in [0.25, 0.3) is 0 Å². The molecule has 1 fully saturated rings. The maximum atomic E-state index is 12.5. The fourth-order valence-corrected chi connectivity index (χ4v) is 2.44. The molecule has 0 amide bonds. The monoisotopic (exact) mass is 291 g/mol. The van der Waals surface area contributed by atoms with Crippen molar-refractivity contribution in [3.05, 3.63) is 35.9 Å². The van der Waals surface area contributed by atoms with Gasteiger partial charge >= 0.3 is 5.97 Å². The van der Waals surface area contributed by atoms with Crippen molar-refractivity contribution in [2.45, 2.75) is 31.7 Å². The third kappa shape index (κ3) is 4.05. The molecule has 4 nitrogen and oxygen atoms in total. The molecule has 0 radical (unpaired) electrons. The molecule has 116 valence electrons. The van der Waals surface area contributed by atoms with Crippen LogP contribution in [0.15, 0.2) is 30.3 Å². The zero-order chi connectivity index (χ0) is 15.1. The van der Waals surface area contributed by atoms with E-state index in [0.29, 0.717) is 19.8 Å². The van der Waals surface area contributed by atoms with Gasteiger partial charge in [0.05, 0.1) is 13.2 Å². The number of hydrogen-bond acceptors (Lipinski definition) is 4. The second-order valence-electron chi connectivity index (χ2n) is 5.53. The molecule has 1 atom stereocenters. The second-order valence-corrected chi connectivity index (χ2v) is 5.53. The summed E-state index contributed by atoms with van der Waals surface area (Å²) in [5.74, 6) is 0.540. The predicted octanol–water partition coefficient (Wildman–Crippen LogP) is 2.48. The molecule has 0 saturated heterocycles. The highest BCUT2D eigenvalue weighted by molar-refractivity contribution is 5.83. The molecular weight excluding hydrogens is 266 g/mol. The van der Waals surface area contributed by atoms with E-state index in [1.165, 1.54) is 12.8 Å². The molecular formula is C17H25NO3. The minimum absolute atomic E-state index is 0.287. The first-order valence-electron chi connectivity index (χ1n) is 7.72. The number of likely N-dealkylation sites (N-methyl/N-ethyl adjacent to an activating group) is 1. The van der Waals surface area contributed by atoms with Crippen LogP contribution < -0.4 is 5.32 Å². The van der Waals surface area contributed by atoms with Crippen LogP contribution in [-0.4, -0.2) is 32.8 Å². The van der Waals surface area contributed by atoms with E-state index in [9.17, 15) is 4.79 Å².